The molecule has 1 aromatic heterocycles. The fourth-order valence-electron chi connectivity index (χ4n) is 1.72. The molecular weight excluding hydrogens is 244 g/mol. The van der Waals surface area contributed by atoms with Crippen LogP contribution in [0.15, 0.2) is 24.3 Å². The highest BCUT2D eigenvalue weighted by Gasteiger charge is 2.10. The normalized spacial score (nSPS) is 10.9. The molecule has 0 aliphatic heterocycles. The van der Waals surface area contributed by atoms with E-state index in [0.717, 1.165) is 33.4 Å². The summed E-state index contributed by atoms with van der Waals surface area (Å²) >= 11 is 1.55. The molecule has 96 valence electrons. The number of aryl methyl sites for hydroxylation is 1. The Labute approximate surface area is 112 Å². The van der Waals surface area contributed by atoms with Crippen LogP contribution in [0.5, 0.6) is 5.75 Å². The predicted octanol–water partition coefficient (Wildman–Crippen LogP) is 3.74. The molecule has 0 atom stereocenters. The maximum Gasteiger partial charge on any atom is 0.120 e. The molecule has 3 nitrogen and oxygen atoms in total. The lowest BCUT2D eigenvalue weighted by Crippen LogP contribution is -2.05. The third-order valence-corrected chi connectivity index (χ3v) is 3.51. The Balaban J connectivity index is 2.34. The molecule has 0 saturated carbocycles. The first-order chi connectivity index (χ1) is 8.60. The van der Waals surface area contributed by atoms with Gasteiger partial charge in [-0.3, -0.25) is 0 Å². The smallest absolute Gasteiger partial charge is 0.120 e. The molecule has 0 spiro atoms. The fourth-order valence-corrected chi connectivity index (χ4v) is 2.52. The molecule has 0 unspecified atom stereocenters. The third kappa shape index (κ3) is 2.82. The molecule has 4 heteroatoms. The Morgan fingerprint density at radius 3 is 2.78 bits per heavy atom. The second-order valence-corrected chi connectivity index (χ2v) is 5.48. The van der Waals surface area contributed by atoms with Gasteiger partial charge in [0.2, 0.25) is 0 Å². The summed E-state index contributed by atoms with van der Waals surface area (Å²) < 4.78 is 5.68. The van der Waals surface area contributed by atoms with Gasteiger partial charge in [0.25, 0.3) is 0 Å². The molecule has 1 heterocycles. The first kappa shape index (κ1) is 12.9. The second-order valence-electron chi connectivity index (χ2n) is 4.37. The highest BCUT2D eigenvalue weighted by atomic mass is 32.1. The van der Waals surface area contributed by atoms with Crippen molar-refractivity contribution in [2.45, 2.75) is 33.3 Å². The number of aromatic nitrogens is 1. The summed E-state index contributed by atoms with van der Waals surface area (Å²) in [5, 5.41) is 1.84. The van der Waals surface area contributed by atoms with Crippen molar-refractivity contribution < 1.29 is 4.74 Å². The molecular formula is C14H18N2OS. The van der Waals surface area contributed by atoms with E-state index in [1.165, 1.54) is 0 Å². The quantitative estimate of drug-likeness (QED) is 0.913. The van der Waals surface area contributed by atoms with Crippen LogP contribution in [0.3, 0.4) is 0 Å². The van der Waals surface area contributed by atoms with E-state index in [1.54, 1.807) is 11.3 Å². The number of nitrogen functional groups attached to an aromatic ring is 1. The molecule has 0 saturated heterocycles. The van der Waals surface area contributed by atoms with Crippen molar-refractivity contribution in [3.05, 3.63) is 29.3 Å². The Morgan fingerprint density at radius 1 is 1.39 bits per heavy atom. The molecule has 2 rings (SSSR count). The predicted molar refractivity (Wildman–Crippen MR) is 77.1 cm³/mol. The first-order valence-corrected chi connectivity index (χ1v) is 6.94. The van der Waals surface area contributed by atoms with Crippen LogP contribution in [0.4, 0.5) is 5.00 Å². The van der Waals surface area contributed by atoms with Crippen LogP contribution in [0.1, 0.15) is 25.8 Å². The number of ether oxygens (including phenoxy) is 1. The molecule has 1 aromatic carbocycles. The van der Waals surface area contributed by atoms with Crippen molar-refractivity contribution in [1.82, 2.24) is 4.98 Å². The monoisotopic (exact) mass is 262 g/mol. The number of nitrogens with two attached hydrogens (primary N) is 1. The largest absolute Gasteiger partial charge is 0.491 e. The van der Waals surface area contributed by atoms with E-state index in [4.69, 9.17) is 10.5 Å². The number of hydrogen-bond acceptors (Lipinski definition) is 4. The summed E-state index contributed by atoms with van der Waals surface area (Å²) in [7, 11) is 0. The fraction of sp³-hybridized carbons (Fsp3) is 0.357. The van der Waals surface area contributed by atoms with Gasteiger partial charge in [-0.1, -0.05) is 19.1 Å². The van der Waals surface area contributed by atoms with Crippen molar-refractivity contribution in [2.75, 3.05) is 5.73 Å². The Bertz CT molecular complexity index is 534. The number of rotatable bonds is 4. The number of hydrogen-bond donors (Lipinski definition) is 1. The zero-order chi connectivity index (χ0) is 13.1. The van der Waals surface area contributed by atoms with Crippen LogP contribution >= 0.6 is 11.3 Å². The van der Waals surface area contributed by atoms with Gasteiger partial charge >= 0.3 is 0 Å². The molecule has 0 aliphatic carbocycles. The second kappa shape index (κ2) is 5.40. The summed E-state index contributed by atoms with van der Waals surface area (Å²) in [6, 6.07) is 7.92. The number of nitrogens with zero attached hydrogens (tertiary/aromatic N) is 1. The van der Waals surface area contributed by atoms with Gasteiger partial charge in [0.1, 0.15) is 16.4 Å². The van der Waals surface area contributed by atoms with Crippen molar-refractivity contribution in [2.24, 2.45) is 0 Å². The highest BCUT2D eigenvalue weighted by molar-refractivity contribution is 7.16. The highest BCUT2D eigenvalue weighted by Crippen LogP contribution is 2.32. The molecule has 2 N–H and O–H groups in total. The zero-order valence-electron chi connectivity index (χ0n) is 10.9. The SMILES string of the molecule is CCc1nc(-c2cccc(OC(C)C)c2)c(N)s1. The topological polar surface area (TPSA) is 48.1 Å². The Kier molecular flexibility index (Phi) is 3.87. The molecule has 0 fully saturated rings. The van der Waals surface area contributed by atoms with Gasteiger partial charge in [-0.05, 0) is 32.4 Å². The van der Waals surface area contributed by atoms with E-state index >= 15 is 0 Å². The Hall–Kier alpha value is -1.55. The first-order valence-electron chi connectivity index (χ1n) is 6.12. The molecule has 0 bridgehead atoms. The summed E-state index contributed by atoms with van der Waals surface area (Å²) in [4.78, 5) is 4.56. The van der Waals surface area contributed by atoms with Gasteiger partial charge in [-0.2, -0.15) is 0 Å². The molecule has 2 aromatic rings. The maximum atomic E-state index is 6.02. The van der Waals surface area contributed by atoms with Crippen LogP contribution in [0.25, 0.3) is 11.3 Å². The van der Waals surface area contributed by atoms with Crippen LogP contribution in [-0.4, -0.2) is 11.1 Å². The van der Waals surface area contributed by atoms with Crippen molar-refractivity contribution in [1.29, 1.82) is 0 Å². The molecule has 0 radical (unpaired) electrons. The molecule has 18 heavy (non-hydrogen) atoms. The summed E-state index contributed by atoms with van der Waals surface area (Å²) in [6.45, 7) is 6.11. The summed E-state index contributed by atoms with van der Waals surface area (Å²) in [6.07, 6.45) is 1.08. The number of anilines is 1. The van der Waals surface area contributed by atoms with E-state index in [9.17, 15) is 0 Å². The van der Waals surface area contributed by atoms with Gasteiger partial charge in [-0.25, -0.2) is 4.98 Å². The van der Waals surface area contributed by atoms with E-state index < -0.39 is 0 Å². The summed E-state index contributed by atoms with van der Waals surface area (Å²) in [5.74, 6) is 0.855. The van der Waals surface area contributed by atoms with Crippen LogP contribution < -0.4 is 10.5 Å². The van der Waals surface area contributed by atoms with E-state index in [2.05, 4.69) is 11.9 Å². The minimum absolute atomic E-state index is 0.166. The number of thiazole rings is 1. The van der Waals surface area contributed by atoms with Gasteiger partial charge < -0.3 is 10.5 Å². The van der Waals surface area contributed by atoms with Crippen LogP contribution in [0, 0.1) is 0 Å². The van der Waals surface area contributed by atoms with Crippen LogP contribution in [0.2, 0.25) is 0 Å². The van der Waals surface area contributed by atoms with E-state index in [0.29, 0.717) is 0 Å². The minimum Gasteiger partial charge on any atom is -0.491 e. The molecule has 0 aliphatic rings. The van der Waals surface area contributed by atoms with Gasteiger partial charge in [0, 0.05) is 5.56 Å². The molecule has 0 amide bonds. The lowest BCUT2D eigenvalue weighted by atomic mass is 10.1. The average Bonchev–Trinajstić information content (AvgIpc) is 2.70. The Morgan fingerprint density at radius 2 is 2.17 bits per heavy atom. The van der Waals surface area contributed by atoms with Crippen LogP contribution in [-0.2, 0) is 6.42 Å². The van der Waals surface area contributed by atoms with Crippen molar-refractivity contribution >= 4 is 16.3 Å². The van der Waals surface area contributed by atoms with Crippen molar-refractivity contribution in [3.63, 3.8) is 0 Å². The zero-order valence-corrected chi connectivity index (χ0v) is 11.8. The van der Waals surface area contributed by atoms with Gasteiger partial charge in [0.05, 0.1) is 11.1 Å². The van der Waals surface area contributed by atoms with Crippen molar-refractivity contribution in [3.8, 4) is 17.0 Å². The average molecular weight is 262 g/mol. The third-order valence-electron chi connectivity index (χ3n) is 2.48. The maximum absolute atomic E-state index is 6.02. The summed E-state index contributed by atoms with van der Waals surface area (Å²) in [5.41, 5.74) is 7.90. The minimum atomic E-state index is 0.166. The van der Waals surface area contributed by atoms with Gasteiger partial charge in [-0.15, -0.1) is 11.3 Å². The lowest BCUT2D eigenvalue weighted by molar-refractivity contribution is 0.242. The van der Waals surface area contributed by atoms with E-state index in [-0.39, 0.29) is 6.10 Å². The number of benzene rings is 1. The standard InChI is InChI=1S/C14H18N2OS/c1-4-12-16-13(14(15)18-12)10-6-5-7-11(8-10)17-9(2)3/h5-9H,4,15H2,1-3H3. The van der Waals surface area contributed by atoms with E-state index in [1.807, 2.05) is 38.1 Å². The lowest BCUT2D eigenvalue weighted by Gasteiger charge is -2.10. The van der Waals surface area contributed by atoms with Gasteiger partial charge in [0.15, 0.2) is 0 Å².